The molecular formula is C7H14N2O2. The lowest BCUT2D eigenvalue weighted by Crippen LogP contribution is -2.42. The maximum absolute atomic E-state index is 11.2. The topological polar surface area (TPSA) is 32.8 Å². The van der Waals surface area contributed by atoms with E-state index in [0.29, 0.717) is 26.4 Å². The quantitative estimate of drug-likeness (QED) is 0.470. The van der Waals surface area contributed by atoms with Crippen LogP contribution in [0.15, 0.2) is 0 Å². The van der Waals surface area contributed by atoms with E-state index in [9.17, 15) is 4.79 Å². The third-order valence-electron chi connectivity index (χ3n) is 1.71. The average Bonchev–Trinajstić information content (AvgIpc) is 1.95. The van der Waals surface area contributed by atoms with Crippen molar-refractivity contribution in [2.75, 3.05) is 40.5 Å². The van der Waals surface area contributed by atoms with Gasteiger partial charge in [0.25, 0.3) is 0 Å². The second-order valence-corrected chi connectivity index (χ2v) is 2.87. The Hall–Kier alpha value is -0.610. The fourth-order valence-electron chi connectivity index (χ4n) is 0.944. The van der Waals surface area contributed by atoms with E-state index in [0.717, 1.165) is 0 Å². The van der Waals surface area contributed by atoms with Crippen molar-refractivity contribution in [2.45, 2.75) is 0 Å². The molecule has 4 heteroatoms. The second-order valence-electron chi connectivity index (χ2n) is 2.87. The van der Waals surface area contributed by atoms with Crippen molar-refractivity contribution in [3.8, 4) is 0 Å². The van der Waals surface area contributed by atoms with Gasteiger partial charge in [0.2, 0.25) is 5.91 Å². The highest BCUT2D eigenvalue weighted by molar-refractivity contribution is 5.77. The zero-order valence-corrected chi connectivity index (χ0v) is 7.04. The molecule has 1 saturated heterocycles. The van der Waals surface area contributed by atoms with Gasteiger partial charge in [-0.25, -0.2) is 0 Å². The van der Waals surface area contributed by atoms with Crippen LogP contribution in [0, 0.1) is 0 Å². The van der Waals surface area contributed by atoms with E-state index in [1.54, 1.807) is 11.9 Å². The lowest BCUT2D eigenvalue weighted by Gasteiger charge is -2.25. The molecule has 64 valence electrons. The first-order valence-corrected chi connectivity index (χ1v) is 3.70. The molecule has 1 aliphatic heterocycles. The van der Waals surface area contributed by atoms with Crippen LogP contribution in [-0.4, -0.2) is 56.2 Å². The molecule has 0 aromatic heterocycles. The van der Waals surface area contributed by atoms with Gasteiger partial charge in [-0.05, 0) is 7.05 Å². The van der Waals surface area contributed by atoms with Gasteiger partial charge in [0.1, 0.15) is 0 Å². The molecule has 1 rings (SSSR count). The van der Waals surface area contributed by atoms with Crippen LogP contribution < -0.4 is 0 Å². The average molecular weight is 158 g/mol. The summed E-state index contributed by atoms with van der Waals surface area (Å²) in [5.41, 5.74) is 0. The van der Waals surface area contributed by atoms with Crippen LogP contribution in [0.1, 0.15) is 0 Å². The largest absolute Gasteiger partial charge is 0.364 e. The van der Waals surface area contributed by atoms with Crippen LogP contribution in [0.2, 0.25) is 0 Å². The molecule has 0 bridgehead atoms. The molecule has 4 nitrogen and oxygen atoms in total. The standard InChI is InChI=1S/C7H14N2O2/c1-8-5-7(10)9(2)3-4-11-6-8/h3-6H2,1-2H3. The summed E-state index contributed by atoms with van der Waals surface area (Å²) in [5.74, 6) is 0.163. The number of likely N-dealkylation sites (N-methyl/N-ethyl adjacent to an activating group) is 2. The number of carbonyl (C=O) groups excluding carboxylic acids is 1. The lowest BCUT2D eigenvalue weighted by atomic mass is 10.4. The van der Waals surface area contributed by atoms with E-state index in [4.69, 9.17) is 4.74 Å². The van der Waals surface area contributed by atoms with Crippen molar-refractivity contribution >= 4 is 5.91 Å². The van der Waals surface area contributed by atoms with E-state index in [2.05, 4.69) is 0 Å². The highest BCUT2D eigenvalue weighted by Crippen LogP contribution is 1.94. The summed E-state index contributed by atoms with van der Waals surface area (Å²) < 4.78 is 5.24. The first-order valence-electron chi connectivity index (χ1n) is 3.70. The second kappa shape index (κ2) is 3.69. The third-order valence-corrected chi connectivity index (χ3v) is 1.71. The van der Waals surface area contributed by atoms with E-state index < -0.39 is 0 Å². The number of ether oxygens (including phenoxy) is 1. The van der Waals surface area contributed by atoms with Gasteiger partial charge in [0.15, 0.2) is 0 Å². The molecule has 0 aromatic carbocycles. The summed E-state index contributed by atoms with van der Waals surface area (Å²) in [5, 5.41) is 0. The minimum Gasteiger partial charge on any atom is -0.364 e. The fraction of sp³-hybridized carbons (Fsp3) is 0.857. The number of carbonyl (C=O) groups is 1. The molecule has 0 saturated carbocycles. The van der Waals surface area contributed by atoms with Gasteiger partial charge in [-0.2, -0.15) is 0 Å². The summed E-state index contributed by atoms with van der Waals surface area (Å²) in [6, 6.07) is 0. The number of nitrogens with zero attached hydrogens (tertiary/aromatic N) is 2. The van der Waals surface area contributed by atoms with E-state index in [1.165, 1.54) is 0 Å². The molecule has 11 heavy (non-hydrogen) atoms. The van der Waals surface area contributed by atoms with Gasteiger partial charge in [-0.1, -0.05) is 0 Å². The van der Waals surface area contributed by atoms with Crippen molar-refractivity contribution in [2.24, 2.45) is 0 Å². The molecule has 1 amide bonds. The number of hydrogen-bond acceptors (Lipinski definition) is 3. The van der Waals surface area contributed by atoms with Crippen molar-refractivity contribution in [1.29, 1.82) is 0 Å². The molecule has 0 unspecified atom stereocenters. The molecule has 1 heterocycles. The minimum absolute atomic E-state index is 0.163. The Labute approximate surface area is 66.7 Å². The fourth-order valence-corrected chi connectivity index (χ4v) is 0.944. The Morgan fingerprint density at radius 1 is 1.45 bits per heavy atom. The highest BCUT2D eigenvalue weighted by Gasteiger charge is 2.13. The Balaban J connectivity index is 2.45. The zero-order chi connectivity index (χ0) is 8.27. The smallest absolute Gasteiger partial charge is 0.236 e. The predicted octanol–water partition coefficient (Wildman–Crippen LogP) is -0.636. The summed E-state index contributed by atoms with van der Waals surface area (Å²) in [6.07, 6.45) is 0. The summed E-state index contributed by atoms with van der Waals surface area (Å²) in [7, 11) is 3.67. The normalized spacial score (nSPS) is 23.1. The van der Waals surface area contributed by atoms with Gasteiger partial charge in [0, 0.05) is 13.6 Å². The minimum atomic E-state index is 0.163. The van der Waals surface area contributed by atoms with Crippen LogP contribution >= 0.6 is 0 Å². The van der Waals surface area contributed by atoms with E-state index in [1.807, 2.05) is 11.9 Å². The van der Waals surface area contributed by atoms with Crippen LogP contribution in [0.25, 0.3) is 0 Å². The van der Waals surface area contributed by atoms with E-state index in [-0.39, 0.29) is 5.91 Å². The maximum Gasteiger partial charge on any atom is 0.236 e. The Bertz CT molecular complexity index is 149. The van der Waals surface area contributed by atoms with Gasteiger partial charge < -0.3 is 9.64 Å². The highest BCUT2D eigenvalue weighted by atomic mass is 16.5. The van der Waals surface area contributed by atoms with Crippen molar-refractivity contribution < 1.29 is 9.53 Å². The summed E-state index contributed by atoms with van der Waals surface area (Å²) >= 11 is 0. The maximum atomic E-state index is 11.2. The van der Waals surface area contributed by atoms with Crippen molar-refractivity contribution in [3.05, 3.63) is 0 Å². The number of rotatable bonds is 0. The number of amides is 1. The Morgan fingerprint density at radius 2 is 2.18 bits per heavy atom. The van der Waals surface area contributed by atoms with E-state index >= 15 is 0 Å². The van der Waals surface area contributed by atoms with Gasteiger partial charge >= 0.3 is 0 Å². The predicted molar refractivity (Wildman–Crippen MR) is 41.1 cm³/mol. The van der Waals surface area contributed by atoms with Crippen LogP contribution in [-0.2, 0) is 9.53 Å². The molecule has 0 aromatic rings. The van der Waals surface area contributed by atoms with Crippen molar-refractivity contribution in [1.82, 2.24) is 9.80 Å². The molecule has 0 spiro atoms. The van der Waals surface area contributed by atoms with Gasteiger partial charge in [-0.15, -0.1) is 0 Å². The van der Waals surface area contributed by atoms with Gasteiger partial charge in [-0.3, -0.25) is 9.69 Å². The molecule has 0 aliphatic carbocycles. The third kappa shape index (κ3) is 2.48. The zero-order valence-electron chi connectivity index (χ0n) is 7.04. The summed E-state index contributed by atoms with van der Waals surface area (Å²) in [6.45, 7) is 2.34. The molecular weight excluding hydrogens is 144 g/mol. The monoisotopic (exact) mass is 158 g/mol. The molecule has 1 aliphatic rings. The molecule has 1 fully saturated rings. The van der Waals surface area contributed by atoms with Crippen LogP contribution in [0.4, 0.5) is 0 Å². The SMILES string of the molecule is CN1COCCN(C)C(=O)C1. The number of hydrogen-bond donors (Lipinski definition) is 0. The molecule has 0 atom stereocenters. The molecule has 0 radical (unpaired) electrons. The first kappa shape index (κ1) is 8.49. The molecule has 0 N–H and O–H groups in total. The van der Waals surface area contributed by atoms with Crippen LogP contribution in [0.5, 0.6) is 0 Å². The Morgan fingerprint density at radius 3 is 2.91 bits per heavy atom. The first-order chi connectivity index (χ1) is 5.20. The van der Waals surface area contributed by atoms with Gasteiger partial charge in [0.05, 0.1) is 19.9 Å². The van der Waals surface area contributed by atoms with Crippen LogP contribution in [0.3, 0.4) is 0 Å². The summed E-state index contributed by atoms with van der Waals surface area (Å²) in [4.78, 5) is 14.8. The Kier molecular flexibility index (Phi) is 2.84. The van der Waals surface area contributed by atoms with Crippen molar-refractivity contribution in [3.63, 3.8) is 0 Å². The lowest BCUT2D eigenvalue weighted by molar-refractivity contribution is -0.135.